The number of nitrogens with two attached hydrogens (primary N) is 1. The second kappa shape index (κ2) is 21.8. The van der Waals surface area contributed by atoms with Gasteiger partial charge in [-0.2, -0.15) is 4.98 Å². The van der Waals surface area contributed by atoms with Crippen molar-refractivity contribution in [3.05, 3.63) is 172 Å². The van der Waals surface area contributed by atoms with Gasteiger partial charge in [0.15, 0.2) is 10.8 Å². The number of nitrogens with one attached hydrogen (secondary N) is 2. The molecule has 7 aromatic rings. The molecule has 0 saturated carbocycles. The van der Waals surface area contributed by atoms with Crippen molar-refractivity contribution in [1.82, 2.24) is 29.8 Å². The van der Waals surface area contributed by atoms with Gasteiger partial charge in [-0.15, -0.1) is 23.1 Å². The Labute approximate surface area is 452 Å². The second-order valence-electron chi connectivity index (χ2n) is 19.5. The average Bonchev–Trinajstić information content (AvgIpc) is 4.06. The number of anilines is 2. The molecule has 4 N–H and O–H groups in total. The molecule has 5 heterocycles. The van der Waals surface area contributed by atoms with E-state index in [1.807, 2.05) is 110 Å². The fourth-order valence-corrected chi connectivity index (χ4v) is 11.8. The lowest BCUT2D eigenvalue weighted by molar-refractivity contribution is -0.646. The molecule has 0 bridgehead atoms. The van der Waals surface area contributed by atoms with Crippen LogP contribution in [-0.4, -0.2) is 95.2 Å². The highest BCUT2D eigenvalue weighted by Crippen LogP contribution is 2.43. The lowest BCUT2D eigenvalue weighted by Crippen LogP contribution is -2.71. The zero-order valence-electron chi connectivity index (χ0n) is 43.1. The summed E-state index contributed by atoms with van der Waals surface area (Å²) >= 11 is 3.91. The van der Waals surface area contributed by atoms with E-state index in [0.717, 1.165) is 27.9 Å². The first-order chi connectivity index (χ1) is 36.4. The number of hydrogen-bond acceptors (Lipinski definition) is 17. The van der Waals surface area contributed by atoms with E-state index in [9.17, 15) is 19.2 Å². The monoisotopic (exact) mass is 1080 g/mol. The van der Waals surface area contributed by atoms with E-state index in [2.05, 4.69) is 25.9 Å². The number of aryl methyl sites for hydroxylation is 2. The Morgan fingerprint density at radius 3 is 2.11 bits per heavy atom. The third kappa shape index (κ3) is 10.8. The summed E-state index contributed by atoms with van der Waals surface area (Å²) in [6.45, 7) is 9.93. The molecule has 2 unspecified atom stereocenters. The molecular weight excluding hydrogens is 1020 g/mol. The third-order valence-corrected chi connectivity index (χ3v) is 15.7. The van der Waals surface area contributed by atoms with Gasteiger partial charge in [0, 0.05) is 22.0 Å². The fraction of sp³-hybridized carbons (Fsp3) is 0.291. The largest absolute Gasteiger partial charge is 0.497 e. The normalized spacial score (nSPS) is 15.9. The Bertz CT molecular complexity index is 3270. The molecular formula is C55H57N10O8S3+. The summed E-state index contributed by atoms with van der Waals surface area (Å²) in [6, 6.07) is 35.9. The highest BCUT2D eigenvalue weighted by Gasteiger charge is 2.55. The van der Waals surface area contributed by atoms with Crippen LogP contribution in [0.4, 0.5) is 10.9 Å². The molecule has 2 amide bonds. The summed E-state index contributed by atoms with van der Waals surface area (Å²) in [7, 11) is 3.42. The quantitative estimate of drug-likeness (QED) is 0.0112. The van der Waals surface area contributed by atoms with Crippen LogP contribution in [0.25, 0.3) is 5.65 Å². The van der Waals surface area contributed by atoms with E-state index in [1.54, 1.807) is 68.4 Å². The number of nitrogen functional groups attached to an aromatic ring is 1. The number of carbonyl (C=O) groups excluding carboxylic acids is 4. The minimum atomic E-state index is -1.66. The summed E-state index contributed by atoms with van der Waals surface area (Å²) < 4.78 is 20.4. The van der Waals surface area contributed by atoms with E-state index in [4.69, 9.17) is 29.8 Å². The van der Waals surface area contributed by atoms with Crippen LogP contribution in [0, 0.1) is 6.92 Å². The van der Waals surface area contributed by atoms with E-state index in [1.165, 1.54) is 53.6 Å². The number of esters is 2. The van der Waals surface area contributed by atoms with Crippen LogP contribution >= 0.6 is 34.9 Å². The number of nitrogens with zero attached hydrogens (tertiary/aromatic N) is 7. The molecule has 4 aromatic carbocycles. The Morgan fingerprint density at radius 1 is 0.895 bits per heavy atom. The summed E-state index contributed by atoms with van der Waals surface area (Å²) in [4.78, 5) is 74.0. The van der Waals surface area contributed by atoms with Crippen LogP contribution in [-0.2, 0) is 52.7 Å². The predicted octanol–water partition coefficient (Wildman–Crippen LogP) is 7.34. The number of rotatable bonds is 18. The predicted molar refractivity (Wildman–Crippen MR) is 291 cm³/mol. The van der Waals surface area contributed by atoms with Gasteiger partial charge in [-0.25, -0.2) is 19.1 Å². The van der Waals surface area contributed by atoms with Crippen molar-refractivity contribution < 1.29 is 42.8 Å². The SMILES string of the molecule is COc1ccc(COC(=O)C2=C(CSc3nc(N)c(C)c4n3nc[n+]4C)CSC3C(NC(=O)/C(=N\OC(C)(C)C(=O)OC(C)(C)C)c4csc(NC(c5ccccc5)(c5ccccc5)c5ccccc5)n4)C(=O)N23)cc1. The van der Waals surface area contributed by atoms with Gasteiger partial charge in [-0.05, 0) is 86.0 Å². The molecule has 1 fully saturated rings. The molecule has 1 saturated heterocycles. The van der Waals surface area contributed by atoms with Gasteiger partial charge in [-0.1, -0.05) is 120 Å². The number of thiazole rings is 1. The number of carbonyl (C=O) groups is 4. The number of fused-ring (bicyclic) bond motifs is 2. The van der Waals surface area contributed by atoms with Crippen molar-refractivity contribution in [2.75, 3.05) is 29.7 Å². The maximum Gasteiger partial charge on any atom is 0.355 e. The van der Waals surface area contributed by atoms with E-state index in [-0.39, 0.29) is 29.5 Å². The smallest absolute Gasteiger partial charge is 0.355 e. The molecule has 2 aliphatic heterocycles. The summed E-state index contributed by atoms with van der Waals surface area (Å²) in [5, 5.41) is 17.3. The maximum absolute atomic E-state index is 14.8. The summed E-state index contributed by atoms with van der Waals surface area (Å²) in [5.74, 6) is -1.32. The summed E-state index contributed by atoms with van der Waals surface area (Å²) in [5.41, 5.74) is 8.34. The van der Waals surface area contributed by atoms with E-state index >= 15 is 0 Å². The number of methoxy groups -OCH3 is 1. The number of amides is 2. The van der Waals surface area contributed by atoms with Crippen LogP contribution in [0.15, 0.2) is 149 Å². The van der Waals surface area contributed by atoms with Crippen molar-refractivity contribution in [1.29, 1.82) is 0 Å². The van der Waals surface area contributed by atoms with Crippen LogP contribution in [0.3, 0.4) is 0 Å². The van der Waals surface area contributed by atoms with Gasteiger partial charge < -0.3 is 35.4 Å². The number of thioether (sulfide) groups is 2. The molecule has 76 heavy (non-hydrogen) atoms. The minimum Gasteiger partial charge on any atom is -0.497 e. The fourth-order valence-electron chi connectivity index (χ4n) is 8.66. The Morgan fingerprint density at radius 2 is 1.51 bits per heavy atom. The van der Waals surface area contributed by atoms with Crippen LogP contribution in [0.5, 0.6) is 5.75 Å². The lowest BCUT2D eigenvalue weighted by atomic mass is 9.77. The third-order valence-electron chi connectivity index (χ3n) is 12.6. The highest BCUT2D eigenvalue weighted by atomic mass is 32.2. The molecule has 9 rings (SSSR count). The van der Waals surface area contributed by atoms with Crippen LogP contribution < -0.4 is 25.7 Å². The first-order valence-corrected chi connectivity index (χ1v) is 27.1. The minimum absolute atomic E-state index is 0.0629. The number of hydrogen-bond donors (Lipinski definition) is 3. The molecule has 0 aliphatic carbocycles. The zero-order valence-corrected chi connectivity index (χ0v) is 45.5. The van der Waals surface area contributed by atoms with Gasteiger partial charge in [0.05, 0.1) is 19.7 Å². The molecule has 0 spiro atoms. The Hall–Kier alpha value is -7.75. The Balaban J connectivity index is 1.03. The van der Waals surface area contributed by atoms with Gasteiger partial charge in [-0.3, -0.25) is 14.5 Å². The standard InChI is InChI=1S/C55H56N10O8S3/c1-33-44(56)60-52(65-46(33)63(7)32-57-65)76-30-35-29-74-48-42(47(67)64(48)43(35)49(68)71-28-34-24-26-39(70-8)27-25-34)59-45(66)41(62-73-54(5,6)50(69)72-53(2,3)4)40-31-75-51(58-40)61-55(36-18-12-9-13-19-36,37-20-14-10-15-21-37)38-22-16-11-17-23-38/h9-27,31-32,42,48,56H,28-30H2,1-8H3,(H2,58,59,61,66)/p+1/b62-41-. The van der Waals surface area contributed by atoms with Gasteiger partial charge in [0.2, 0.25) is 5.60 Å². The highest BCUT2D eigenvalue weighted by molar-refractivity contribution is 8.01. The average molecular weight is 1080 g/mol. The Kier molecular flexibility index (Phi) is 15.3. The molecule has 392 valence electrons. The zero-order chi connectivity index (χ0) is 53.9. The molecule has 2 atom stereocenters. The van der Waals surface area contributed by atoms with Crippen molar-refractivity contribution in [2.45, 2.75) is 81.5 Å². The van der Waals surface area contributed by atoms with Gasteiger partial charge >= 0.3 is 11.9 Å². The van der Waals surface area contributed by atoms with Crippen LogP contribution in [0.2, 0.25) is 0 Å². The first-order valence-electron chi connectivity index (χ1n) is 24.2. The molecule has 2 aliphatic rings. The first kappa shape index (κ1) is 53.1. The molecule has 0 radical (unpaired) electrons. The van der Waals surface area contributed by atoms with Gasteiger partial charge in [0.1, 0.15) is 52.1 Å². The number of β-lactam (4-membered cyclic amide) rings is 1. The summed E-state index contributed by atoms with van der Waals surface area (Å²) in [6.07, 6.45) is 1.66. The molecule has 18 nitrogen and oxygen atoms in total. The van der Waals surface area contributed by atoms with Crippen molar-refractivity contribution in [3.63, 3.8) is 0 Å². The van der Waals surface area contributed by atoms with E-state index < -0.39 is 51.9 Å². The number of ether oxygens (including phenoxy) is 3. The van der Waals surface area contributed by atoms with Crippen LogP contribution in [0.1, 0.15) is 68.1 Å². The second-order valence-corrected chi connectivity index (χ2v) is 22.4. The molecule has 3 aromatic heterocycles. The number of oxime groups is 1. The topological polar surface area (TPSA) is 218 Å². The van der Waals surface area contributed by atoms with E-state index in [0.29, 0.717) is 38.7 Å². The van der Waals surface area contributed by atoms with Gasteiger partial charge in [0.25, 0.3) is 28.9 Å². The maximum atomic E-state index is 14.8. The van der Waals surface area contributed by atoms with Crippen molar-refractivity contribution >= 4 is 80.9 Å². The number of benzene rings is 4. The molecule has 21 heteroatoms. The number of aromatic nitrogens is 5. The van der Waals surface area contributed by atoms with Crippen molar-refractivity contribution in [3.8, 4) is 5.75 Å². The van der Waals surface area contributed by atoms with Crippen molar-refractivity contribution in [2.24, 2.45) is 12.2 Å². The lowest BCUT2D eigenvalue weighted by Gasteiger charge is -2.49.